The third kappa shape index (κ3) is 1.92. The average Bonchev–Trinajstić information content (AvgIpc) is 2.28. The third-order valence-corrected chi connectivity index (χ3v) is 3.66. The maximum Gasteiger partial charge on any atom is 0.125 e. The Morgan fingerprint density at radius 3 is 2.62 bits per heavy atom. The fourth-order valence-electron chi connectivity index (χ4n) is 2.99. The molecule has 0 aromatic heterocycles. The molecule has 2 unspecified atom stereocenters. The molecule has 2 nitrogen and oxygen atoms in total. The lowest BCUT2D eigenvalue weighted by Crippen LogP contribution is -2.51. The smallest absolute Gasteiger partial charge is 0.125 e. The molecular formula is C13H17FN2. The molecule has 3 heteroatoms. The third-order valence-electron chi connectivity index (χ3n) is 3.66. The number of hydrogen-bond donors (Lipinski definition) is 1. The number of piperidine rings is 2. The molecule has 2 aliphatic rings. The van der Waals surface area contributed by atoms with Crippen molar-refractivity contribution in [2.45, 2.75) is 6.42 Å². The van der Waals surface area contributed by atoms with Crippen molar-refractivity contribution in [2.75, 3.05) is 31.1 Å². The van der Waals surface area contributed by atoms with Gasteiger partial charge in [0.25, 0.3) is 0 Å². The molecule has 2 fully saturated rings. The lowest BCUT2D eigenvalue weighted by Gasteiger charge is -2.42. The predicted octanol–water partition coefficient (Wildman–Crippen LogP) is 1.87. The molecule has 2 atom stereocenters. The van der Waals surface area contributed by atoms with Gasteiger partial charge in [0.05, 0.1) is 0 Å². The van der Waals surface area contributed by atoms with Crippen molar-refractivity contribution >= 4 is 5.69 Å². The van der Waals surface area contributed by atoms with Gasteiger partial charge in [0, 0.05) is 18.8 Å². The number of fused-ring (bicyclic) bond motifs is 2. The minimum Gasteiger partial charge on any atom is -0.371 e. The molecule has 0 spiro atoms. The van der Waals surface area contributed by atoms with Crippen LogP contribution in [0.2, 0.25) is 0 Å². The van der Waals surface area contributed by atoms with Crippen molar-refractivity contribution < 1.29 is 4.39 Å². The zero-order chi connectivity index (χ0) is 11.0. The SMILES string of the molecule is Fc1cccc(N2CC3CNCC(C3)C2)c1. The molecule has 0 amide bonds. The van der Waals surface area contributed by atoms with E-state index in [1.165, 1.54) is 12.5 Å². The molecule has 0 radical (unpaired) electrons. The number of anilines is 1. The summed E-state index contributed by atoms with van der Waals surface area (Å²) in [6.45, 7) is 4.35. The van der Waals surface area contributed by atoms with Gasteiger partial charge >= 0.3 is 0 Å². The molecular weight excluding hydrogens is 203 g/mol. The van der Waals surface area contributed by atoms with Crippen LogP contribution in [-0.4, -0.2) is 26.2 Å². The number of hydrogen-bond acceptors (Lipinski definition) is 2. The molecule has 2 heterocycles. The van der Waals surface area contributed by atoms with Gasteiger partial charge in [0.15, 0.2) is 0 Å². The van der Waals surface area contributed by atoms with Crippen LogP contribution in [0.3, 0.4) is 0 Å². The van der Waals surface area contributed by atoms with Crippen LogP contribution < -0.4 is 10.2 Å². The number of halogens is 1. The molecule has 2 aliphatic heterocycles. The summed E-state index contributed by atoms with van der Waals surface area (Å²) in [5, 5.41) is 3.47. The summed E-state index contributed by atoms with van der Waals surface area (Å²) in [6, 6.07) is 6.97. The summed E-state index contributed by atoms with van der Waals surface area (Å²) < 4.78 is 13.2. The van der Waals surface area contributed by atoms with E-state index in [1.807, 2.05) is 6.07 Å². The highest BCUT2D eigenvalue weighted by Crippen LogP contribution is 2.28. The molecule has 3 rings (SSSR count). The van der Waals surface area contributed by atoms with Gasteiger partial charge in [-0.3, -0.25) is 0 Å². The van der Waals surface area contributed by atoms with Crippen molar-refractivity contribution in [3.63, 3.8) is 0 Å². The van der Waals surface area contributed by atoms with Crippen molar-refractivity contribution in [3.8, 4) is 0 Å². The van der Waals surface area contributed by atoms with E-state index < -0.39 is 0 Å². The van der Waals surface area contributed by atoms with Gasteiger partial charge in [0.2, 0.25) is 0 Å². The number of rotatable bonds is 1. The van der Waals surface area contributed by atoms with Crippen LogP contribution in [0.1, 0.15) is 6.42 Å². The minimum absolute atomic E-state index is 0.133. The molecule has 0 saturated carbocycles. The number of benzene rings is 1. The van der Waals surface area contributed by atoms with Crippen LogP contribution in [0, 0.1) is 17.7 Å². The quantitative estimate of drug-likeness (QED) is 0.777. The van der Waals surface area contributed by atoms with Gasteiger partial charge in [-0.2, -0.15) is 0 Å². The van der Waals surface area contributed by atoms with Crippen LogP contribution in [0.25, 0.3) is 0 Å². The first-order chi connectivity index (χ1) is 7.81. The van der Waals surface area contributed by atoms with E-state index in [0.29, 0.717) is 0 Å². The normalized spacial score (nSPS) is 29.2. The van der Waals surface area contributed by atoms with Gasteiger partial charge in [-0.05, 0) is 49.5 Å². The van der Waals surface area contributed by atoms with Crippen LogP contribution >= 0.6 is 0 Å². The van der Waals surface area contributed by atoms with E-state index in [-0.39, 0.29) is 5.82 Å². The Morgan fingerprint density at radius 1 is 1.19 bits per heavy atom. The van der Waals surface area contributed by atoms with Crippen molar-refractivity contribution in [1.29, 1.82) is 0 Å². The van der Waals surface area contributed by atoms with Gasteiger partial charge in [-0.25, -0.2) is 4.39 Å². The maximum atomic E-state index is 13.2. The summed E-state index contributed by atoms with van der Waals surface area (Å²) in [7, 11) is 0. The van der Waals surface area contributed by atoms with Crippen molar-refractivity contribution in [3.05, 3.63) is 30.1 Å². The predicted molar refractivity (Wildman–Crippen MR) is 63.1 cm³/mol. The molecule has 2 saturated heterocycles. The van der Waals surface area contributed by atoms with Crippen molar-refractivity contribution in [1.82, 2.24) is 5.32 Å². The second kappa shape index (κ2) is 4.06. The number of nitrogens with one attached hydrogen (secondary N) is 1. The van der Waals surface area contributed by atoms with Crippen LogP contribution in [0.15, 0.2) is 24.3 Å². The summed E-state index contributed by atoms with van der Waals surface area (Å²) in [5.41, 5.74) is 1.04. The summed E-state index contributed by atoms with van der Waals surface area (Å²) in [6.07, 6.45) is 1.33. The molecule has 2 bridgehead atoms. The fraction of sp³-hybridized carbons (Fsp3) is 0.538. The van der Waals surface area contributed by atoms with Gasteiger partial charge in [-0.1, -0.05) is 6.07 Å². The van der Waals surface area contributed by atoms with E-state index in [4.69, 9.17) is 0 Å². The summed E-state index contributed by atoms with van der Waals surface area (Å²) >= 11 is 0. The largest absolute Gasteiger partial charge is 0.371 e. The zero-order valence-corrected chi connectivity index (χ0v) is 9.32. The monoisotopic (exact) mass is 220 g/mol. The minimum atomic E-state index is -0.133. The van der Waals surface area contributed by atoms with Crippen LogP contribution in [-0.2, 0) is 0 Å². The van der Waals surface area contributed by atoms with E-state index in [0.717, 1.165) is 43.7 Å². The zero-order valence-electron chi connectivity index (χ0n) is 9.32. The van der Waals surface area contributed by atoms with Gasteiger partial charge in [-0.15, -0.1) is 0 Å². The molecule has 1 aromatic rings. The second-order valence-electron chi connectivity index (χ2n) is 5.01. The Hall–Kier alpha value is -1.09. The Morgan fingerprint density at radius 2 is 1.94 bits per heavy atom. The topological polar surface area (TPSA) is 15.3 Å². The average molecular weight is 220 g/mol. The van der Waals surface area contributed by atoms with E-state index in [9.17, 15) is 4.39 Å². The molecule has 86 valence electrons. The van der Waals surface area contributed by atoms with Gasteiger partial charge < -0.3 is 10.2 Å². The van der Waals surface area contributed by atoms with Crippen LogP contribution in [0.5, 0.6) is 0 Å². The Kier molecular flexibility index (Phi) is 2.56. The molecule has 1 N–H and O–H groups in total. The number of nitrogens with zero attached hydrogens (tertiary/aromatic N) is 1. The highest BCUT2D eigenvalue weighted by Gasteiger charge is 2.30. The first kappa shape index (κ1) is 10.1. The van der Waals surface area contributed by atoms with Gasteiger partial charge in [0.1, 0.15) is 5.82 Å². The first-order valence-corrected chi connectivity index (χ1v) is 6.02. The van der Waals surface area contributed by atoms with E-state index >= 15 is 0 Å². The van der Waals surface area contributed by atoms with E-state index in [2.05, 4.69) is 10.2 Å². The maximum absolute atomic E-state index is 13.2. The fourth-order valence-corrected chi connectivity index (χ4v) is 2.99. The molecule has 0 aliphatic carbocycles. The van der Waals surface area contributed by atoms with E-state index in [1.54, 1.807) is 12.1 Å². The Labute approximate surface area is 95.4 Å². The lowest BCUT2D eigenvalue weighted by molar-refractivity contribution is 0.249. The molecule has 1 aromatic carbocycles. The Balaban J connectivity index is 1.80. The second-order valence-corrected chi connectivity index (χ2v) is 5.01. The summed E-state index contributed by atoms with van der Waals surface area (Å²) in [4.78, 5) is 2.34. The molecule has 16 heavy (non-hydrogen) atoms. The standard InChI is InChI=1S/C13H17FN2/c14-12-2-1-3-13(5-12)16-8-10-4-11(9-16)7-15-6-10/h1-3,5,10-11,15H,4,6-9H2. The first-order valence-electron chi connectivity index (χ1n) is 6.02. The Bertz CT molecular complexity index is 368. The highest BCUT2D eigenvalue weighted by atomic mass is 19.1. The van der Waals surface area contributed by atoms with Crippen molar-refractivity contribution in [2.24, 2.45) is 11.8 Å². The highest BCUT2D eigenvalue weighted by molar-refractivity contribution is 5.47. The summed E-state index contributed by atoms with van der Waals surface area (Å²) in [5.74, 6) is 1.33. The lowest BCUT2D eigenvalue weighted by atomic mass is 9.85. The van der Waals surface area contributed by atoms with Crippen LogP contribution in [0.4, 0.5) is 10.1 Å².